The van der Waals surface area contributed by atoms with Crippen molar-refractivity contribution in [2.45, 2.75) is 13.3 Å². The molecule has 11 heavy (non-hydrogen) atoms. The predicted molar refractivity (Wildman–Crippen MR) is 36.1 cm³/mol. The number of primary amides is 1. The third kappa shape index (κ3) is 1.96. The number of nitrogens with zero attached hydrogens (tertiary/aromatic N) is 1. The molecule has 0 saturated heterocycles. The average Bonchev–Trinajstić information content (AvgIpc) is 2.34. The summed E-state index contributed by atoms with van der Waals surface area (Å²) in [6, 6.07) is 1.52. The van der Waals surface area contributed by atoms with Gasteiger partial charge in [-0.25, -0.2) is 4.79 Å². The van der Waals surface area contributed by atoms with Gasteiger partial charge < -0.3 is 15.0 Å². The van der Waals surface area contributed by atoms with Gasteiger partial charge >= 0.3 is 12.0 Å². The molecule has 0 aliphatic carbocycles. The summed E-state index contributed by atoms with van der Waals surface area (Å²) in [4.78, 5) is 10.2. The fourth-order valence-corrected chi connectivity index (χ4v) is 0.606. The van der Waals surface area contributed by atoms with E-state index in [1.165, 1.54) is 6.07 Å². The predicted octanol–water partition coefficient (Wildman–Crippen LogP) is 0.695. The van der Waals surface area contributed by atoms with E-state index in [0.29, 0.717) is 0 Å². The Morgan fingerprint density at radius 3 is 3.09 bits per heavy atom. The Labute approximate surface area is 63.1 Å². The molecular weight excluding hydrogens is 148 g/mol. The standard InChI is InChI=1S/C6H8N2O3/c1-2-4-3-5(11-8-4)10-6(7)9/h3H,2H2,1H3,(H2,7,9). The maximum Gasteiger partial charge on any atom is 0.412 e. The van der Waals surface area contributed by atoms with Crippen molar-refractivity contribution in [1.82, 2.24) is 5.16 Å². The first-order valence-corrected chi connectivity index (χ1v) is 3.15. The number of ether oxygens (including phenoxy) is 1. The van der Waals surface area contributed by atoms with Crippen LogP contribution < -0.4 is 10.5 Å². The maximum atomic E-state index is 10.2. The Morgan fingerprint density at radius 2 is 2.64 bits per heavy atom. The lowest BCUT2D eigenvalue weighted by molar-refractivity contribution is 0.190. The summed E-state index contributed by atoms with van der Waals surface area (Å²) in [7, 11) is 0. The van der Waals surface area contributed by atoms with Crippen molar-refractivity contribution < 1.29 is 14.1 Å². The molecule has 60 valence electrons. The first-order valence-electron chi connectivity index (χ1n) is 3.15. The molecule has 0 saturated carbocycles. The van der Waals surface area contributed by atoms with Crippen LogP contribution in [0.1, 0.15) is 12.6 Å². The average molecular weight is 156 g/mol. The molecule has 5 heteroatoms. The highest BCUT2D eigenvalue weighted by Gasteiger charge is 2.05. The van der Waals surface area contributed by atoms with E-state index in [-0.39, 0.29) is 5.95 Å². The van der Waals surface area contributed by atoms with E-state index in [1.54, 1.807) is 0 Å². The monoisotopic (exact) mass is 156 g/mol. The van der Waals surface area contributed by atoms with Gasteiger partial charge in [-0.05, 0) is 6.42 Å². The number of carbonyl (C=O) groups excluding carboxylic acids is 1. The lowest BCUT2D eigenvalue weighted by Crippen LogP contribution is -2.15. The summed E-state index contributed by atoms with van der Waals surface area (Å²) in [5.41, 5.74) is 5.45. The molecule has 5 nitrogen and oxygen atoms in total. The summed E-state index contributed by atoms with van der Waals surface area (Å²) in [5, 5.41) is 3.58. The van der Waals surface area contributed by atoms with E-state index in [9.17, 15) is 4.79 Å². The van der Waals surface area contributed by atoms with Gasteiger partial charge in [0.1, 0.15) is 0 Å². The Balaban J connectivity index is 2.65. The Hall–Kier alpha value is -1.52. The molecule has 0 spiro atoms. The summed E-state index contributed by atoms with van der Waals surface area (Å²) >= 11 is 0. The highest BCUT2D eigenvalue weighted by atomic mass is 16.7. The minimum Gasteiger partial charge on any atom is -0.374 e. The van der Waals surface area contributed by atoms with E-state index >= 15 is 0 Å². The zero-order valence-electron chi connectivity index (χ0n) is 6.03. The van der Waals surface area contributed by atoms with Crippen LogP contribution in [0.25, 0.3) is 0 Å². The topological polar surface area (TPSA) is 78.4 Å². The van der Waals surface area contributed by atoms with Gasteiger partial charge in [0.15, 0.2) is 0 Å². The highest BCUT2D eigenvalue weighted by molar-refractivity contribution is 5.67. The van der Waals surface area contributed by atoms with Crippen molar-refractivity contribution in [2.75, 3.05) is 0 Å². The minimum absolute atomic E-state index is 0.0364. The normalized spacial score (nSPS) is 9.55. The second-order valence-corrected chi connectivity index (χ2v) is 1.91. The molecule has 1 aromatic rings. The molecule has 1 amide bonds. The van der Waals surface area contributed by atoms with Crippen LogP contribution in [0, 0.1) is 0 Å². The van der Waals surface area contributed by atoms with Gasteiger partial charge in [0.2, 0.25) is 0 Å². The molecular formula is C6H8N2O3. The lowest BCUT2D eigenvalue weighted by atomic mass is 10.3. The third-order valence-corrected chi connectivity index (χ3v) is 1.10. The van der Waals surface area contributed by atoms with Crippen molar-refractivity contribution in [3.8, 4) is 5.95 Å². The number of rotatable bonds is 2. The number of hydrogen-bond donors (Lipinski definition) is 1. The maximum absolute atomic E-state index is 10.2. The van der Waals surface area contributed by atoms with Crippen LogP contribution >= 0.6 is 0 Å². The molecule has 2 N–H and O–H groups in total. The summed E-state index contributed by atoms with van der Waals surface area (Å²) < 4.78 is 9.00. The first kappa shape index (κ1) is 7.59. The number of amides is 1. The van der Waals surface area contributed by atoms with Crippen LogP contribution in [-0.2, 0) is 6.42 Å². The smallest absolute Gasteiger partial charge is 0.374 e. The van der Waals surface area contributed by atoms with Crippen LogP contribution in [-0.4, -0.2) is 11.2 Å². The SMILES string of the molecule is CCc1cc(OC(N)=O)on1. The van der Waals surface area contributed by atoms with Crippen molar-refractivity contribution in [3.63, 3.8) is 0 Å². The van der Waals surface area contributed by atoms with Gasteiger partial charge in [0, 0.05) is 6.07 Å². The zero-order chi connectivity index (χ0) is 8.27. The van der Waals surface area contributed by atoms with E-state index in [0.717, 1.165) is 12.1 Å². The lowest BCUT2D eigenvalue weighted by Gasteiger charge is -1.89. The van der Waals surface area contributed by atoms with Crippen LogP contribution in [0.3, 0.4) is 0 Å². The van der Waals surface area contributed by atoms with Gasteiger partial charge in [-0.15, -0.1) is 0 Å². The number of nitrogens with two attached hydrogens (primary N) is 1. The zero-order valence-corrected chi connectivity index (χ0v) is 6.03. The van der Waals surface area contributed by atoms with E-state index < -0.39 is 6.09 Å². The van der Waals surface area contributed by atoms with Crippen molar-refractivity contribution >= 4 is 6.09 Å². The molecule has 1 rings (SSSR count). The number of carbonyl (C=O) groups is 1. The van der Waals surface area contributed by atoms with E-state index in [4.69, 9.17) is 5.73 Å². The fraction of sp³-hybridized carbons (Fsp3) is 0.333. The Morgan fingerprint density at radius 1 is 1.91 bits per heavy atom. The van der Waals surface area contributed by atoms with Crippen molar-refractivity contribution in [1.29, 1.82) is 0 Å². The number of aromatic nitrogens is 1. The van der Waals surface area contributed by atoms with Crippen molar-refractivity contribution in [2.24, 2.45) is 5.73 Å². The Bertz CT molecular complexity index is 256. The second kappa shape index (κ2) is 3.05. The molecule has 0 radical (unpaired) electrons. The van der Waals surface area contributed by atoms with Gasteiger partial charge in [0.05, 0.1) is 5.69 Å². The molecule has 1 heterocycles. The van der Waals surface area contributed by atoms with Crippen molar-refractivity contribution in [3.05, 3.63) is 11.8 Å². The molecule has 0 bridgehead atoms. The molecule has 0 atom stereocenters. The minimum atomic E-state index is -0.899. The van der Waals surface area contributed by atoms with E-state index in [1.807, 2.05) is 6.92 Å². The van der Waals surface area contributed by atoms with Gasteiger partial charge in [-0.3, -0.25) is 0 Å². The largest absolute Gasteiger partial charge is 0.412 e. The molecule has 0 unspecified atom stereocenters. The third-order valence-electron chi connectivity index (χ3n) is 1.10. The molecule has 0 aliphatic rings. The van der Waals surface area contributed by atoms with E-state index in [2.05, 4.69) is 14.4 Å². The van der Waals surface area contributed by atoms with Crippen LogP contribution in [0.5, 0.6) is 5.95 Å². The van der Waals surface area contributed by atoms with Crippen LogP contribution in [0.15, 0.2) is 10.6 Å². The fourth-order valence-electron chi connectivity index (χ4n) is 0.606. The summed E-state index contributed by atoms with van der Waals surface area (Å²) in [5.74, 6) is 0.0364. The van der Waals surface area contributed by atoms with Crippen LogP contribution in [0.4, 0.5) is 4.79 Å². The summed E-state index contributed by atoms with van der Waals surface area (Å²) in [6.07, 6.45) is -0.171. The molecule has 0 fully saturated rings. The highest BCUT2D eigenvalue weighted by Crippen LogP contribution is 2.11. The van der Waals surface area contributed by atoms with Gasteiger partial charge in [-0.1, -0.05) is 12.1 Å². The molecule has 0 aromatic carbocycles. The second-order valence-electron chi connectivity index (χ2n) is 1.91. The number of aryl methyl sites for hydroxylation is 1. The number of hydrogen-bond acceptors (Lipinski definition) is 4. The van der Waals surface area contributed by atoms with Crippen LogP contribution in [0.2, 0.25) is 0 Å². The van der Waals surface area contributed by atoms with Gasteiger partial charge in [0.25, 0.3) is 0 Å². The molecule has 1 aromatic heterocycles. The quantitative estimate of drug-likeness (QED) is 0.683. The molecule has 0 aliphatic heterocycles. The first-order chi connectivity index (χ1) is 5.22. The van der Waals surface area contributed by atoms with Gasteiger partial charge in [-0.2, -0.15) is 0 Å². The Kier molecular flexibility index (Phi) is 2.10. The summed E-state index contributed by atoms with van der Waals surface area (Å²) in [6.45, 7) is 1.91.